The van der Waals surface area contributed by atoms with Crippen LogP contribution in [0.1, 0.15) is 33.6 Å². The second kappa shape index (κ2) is 3.90. The molecular weight excluding hydrogens is 258 g/mol. The summed E-state index contributed by atoms with van der Waals surface area (Å²) in [6.45, 7) is 0. The average Bonchev–Trinajstić information content (AvgIpc) is 3.22. The van der Waals surface area contributed by atoms with Crippen LogP contribution in [0, 0.1) is 16.7 Å². The van der Waals surface area contributed by atoms with Crippen molar-refractivity contribution in [1.82, 2.24) is 4.90 Å². The SMILES string of the molecule is CN1C(=O)c2ccc(NC(=O)C3(C#N)CC3)cc2C1=O. The van der Waals surface area contributed by atoms with E-state index >= 15 is 0 Å². The number of anilines is 1. The van der Waals surface area contributed by atoms with Crippen molar-refractivity contribution < 1.29 is 14.4 Å². The standard InChI is InChI=1S/C14H11N3O3/c1-17-11(18)9-3-2-8(6-10(9)12(17)19)16-13(20)14(7-15)4-5-14/h2-3,6H,4-5H2,1H3,(H,16,20). The van der Waals surface area contributed by atoms with E-state index in [0.29, 0.717) is 24.1 Å². The smallest absolute Gasteiger partial charge is 0.261 e. The van der Waals surface area contributed by atoms with E-state index < -0.39 is 5.41 Å². The van der Waals surface area contributed by atoms with Crippen LogP contribution in [-0.2, 0) is 4.79 Å². The Morgan fingerprint density at radius 2 is 1.95 bits per heavy atom. The summed E-state index contributed by atoms with van der Waals surface area (Å²) in [5.74, 6) is -1.09. The molecule has 2 aliphatic rings. The minimum Gasteiger partial charge on any atom is -0.325 e. The zero-order valence-electron chi connectivity index (χ0n) is 10.8. The van der Waals surface area contributed by atoms with Crippen LogP contribution in [0.4, 0.5) is 5.69 Å². The Morgan fingerprint density at radius 1 is 1.30 bits per heavy atom. The first-order valence-corrected chi connectivity index (χ1v) is 6.18. The van der Waals surface area contributed by atoms with Crippen LogP contribution < -0.4 is 5.32 Å². The van der Waals surface area contributed by atoms with Crippen LogP contribution in [0.3, 0.4) is 0 Å². The molecule has 1 N–H and O–H groups in total. The zero-order valence-corrected chi connectivity index (χ0v) is 10.8. The van der Waals surface area contributed by atoms with E-state index in [2.05, 4.69) is 5.32 Å². The number of imide groups is 1. The number of hydrogen-bond donors (Lipinski definition) is 1. The molecule has 0 aromatic heterocycles. The summed E-state index contributed by atoms with van der Waals surface area (Å²) in [6, 6.07) is 6.56. The molecule has 1 fully saturated rings. The highest BCUT2D eigenvalue weighted by molar-refractivity contribution is 6.21. The van der Waals surface area contributed by atoms with Crippen LogP contribution in [-0.4, -0.2) is 29.7 Å². The second-order valence-corrected chi connectivity index (χ2v) is 5.08. The van der Waals surface area contributed by atoms with Gasteiger partial charge < -0.3 is 5.32 Å². The molecule has 6 heteroatoms. The highest BCUT2D eigenvalue weighted by atomic mass is 16.2. The van der Waals surface area contributed by atoms with Gasteiger partial charge in [-0.1, -0.05) is 0 Å². The van der Waals surface area contributed by atoms with Gasteiger partial charge in [-0.3, -0.25) is 19.3 Å². The molecule has 1 aliphatic carbocycles. The predicted molar refractivity (Wildman–Crippen MR) is 68.8 cm³/mol. The maximum Gasteiger partial charge on any atom is 0.261 e. The molecule has 100 valence electrons. The number of hydrogen-bond acceptors (Lipinski definition) is 4. The number of carbonyl (C=O) groups is 3. The molecule has 0 saturated heterocycles. The third-order valence-corrected chi connectivity index (χ3v) is 3.75. The van der Waals surface area contributed by atoms with Gasteiger partial charge in [0.05, 0.1) is 17.2 Å². The van der Waals surface area contributed by atoms with Crippen molar-refractivity contribution >= 4 is 23.4 Å². The minimum absolute atomic E-state index is 0.275. The van der Waals surface area contributed by atoms with E-state index in [-0.39, 0.29) is 23.3 Å². The number of carbonyl (C=O) groups excluding carboxylic acids is 3. The lowest BCUT2D eigenvalue weighted by Gasteiger charge is -2.08. The number of amides is 3. The van der Waals surface area contributed by atoms with E-state index in [0.717, 1.165) is 4.90 Å². The van der Waals surface area contributed by atoms with Gasteiger partial charge in [-0.25, -0.2) is 0 Å². The van der Waals surface area contributed by atoms with Crippen molar-refractivity contribution in [2.45, 2.75) is 12.8 Å². The van der Waals surface area contributed by atoms with Crippen molar-refractivity contribution in [2.75, 3.05) is 12.4 Å². The van der Waals surface area contributed by atoms with Crippen LogP contribution >= 0.6 is 0 Å². The fourth-order valence-corrected chi connectivity index (χ4v) is 2.20. The van der Waals surface area contributed by atoms with Gasteiger partial charge in [0.25, 0.3) is 11.8 Å². The van der Waals surface area contributed by atoms with Crippen molar-refractivity contribution in [3.8, 4) is 6.07 Å². The van der Waals surface area contributed by atoms with Gasteiger partial charge in [0.1, 0.15) is 5.41 Å². The second-order valence-electron chi connectivity index (χ2n) is 5.08. The molecule has 1 aliphatic heterocycles. The molecule has 3 rings (SSSR count). The van der Waals surface area contributed by atoms with Gasteiger partial charge in [0.15, 0.2) is 0 Å². The van der Waals surface area contributed by atoms with Crippen LogP contribution in [0.5, 0.6) is 0 Å². The summed E-state index contributed by atoms with van der Waals surface area (Å²) >= 11 is 0. The van der Waals surface area contributed by atoms with Crippen molar-refractivity contribution in [1.29, 1.82) is 5.26 Å². The van der Waals surface area contributed by atoms with Crippen LogP contribution in [0.15, 0.2) is 18.2 Å². The molecule has 0 bridgehead atoms. The molecule has 0 atom stereocenters. The third-order valence-electron chi connectivity index (χ3n) is 3.75. The predicted octanol–water partition coefficient (Wildman–Crippen LogP) is 1.15. The largest absolute Gasteiger partial charge is 0.325 e. The lowest BCUT2D eigenvalue weighted by molar-refractivity contribution is -0.119. The fourth-order valence-electron chi connectivity index (χ4n) is 2.20. The molecule has 0 radical (unpaired) electrons. The highest BCUT2D eigenvalue weighted by Crippen LogP contribution is 2.45. The molecule has 0 unspecified atom stereocenters. The summed E-state index contributed by atoms with van der Waals surface area (Å²) in [5.41, 5.74) is 0.107. The Hall–Kier alpha value is -2.68. The summed E-state index contributed by atoms with van der Waals surface area (Å²) in [5, 5.41) is 11.6. The first kappa shape index (κ1) is 12.4. The zero-order chi connectivity index (χ0) is 14.5. The third kappa shape index (κ3) is 1.60. The highest BCUT2D eigenvalue weighted by Gasteiger charge is 2.50. The van der Waals surface area contributed by atoms with E-state index in [4.69, 9.17) is 5.26 Å². The quantitative estimate of drug-likeness (QED) is 0.815. The van der Waals surface area contributed by atoms with Crippen molar-refractivity contribution in [3.63, 3.8) is 0 Å². The number of nitriles is 1. The monoisotopic (exact) mass is 269 g/mol. The summed E-state index contributed by atoms with van der Waals surface area (Å²) in [4.78, 5) is 36.6. The number of benzene rings is 1. The number of nitrogens with zero attached hydrogens (tertiary/aromatic N) is 2. The van der Waals surface area contributed by atoms with Crippen LogP contribution in [0.2, 0.25) is 0 Å². The molecular formula is C14H11N3O3. The lowest BCUT2D eigenvalue weighted by atomic mass is 10.1. The van der Waals surface area contributed by atoms with Gasteiger partial charge in [0.2, 0.25) is 5.91 Å². The molecule has 3 amide bonds. The average molecular weight is 269 g/mol. The molecule has 1 aromatic rings. The Balaban J connectivity index is 1.88. The Labute approximate surface area is 115 Å². The maximum atomic E-state index is 11.9. The lowest BCUT2D eigenvalue weighted by Crippen LogP contribution is -2.24. The Morgan fingerprint density at radius 3 is 2.55 bits per heavy atom. The van der Waals surface area contributed by atoms with Gasteiger partial charge in [-0.15, -0.1) is 0 Å². The van der Waals surface area contributed by atoms with Gasteiger partial charge in [0, 0.05) is 12.7 Å². The number of rotatable bonds is 2. The van der Waals surface area contributed by atoms with Gasteiger partial charge in [-0.05, 0) is 31.0 Å². The Kier molecular flexibility index (Phi) is 2.41. The first-order chi connectivity index (χ1) is 9.48. The summed E-state index contributed by atoms with van der Waals surface area (Å²) < 4.78 is 0. The summed E-state index contributed by atoms with van der Waals surface area (Å²) in [7, 11) is 1.41. The van der Waals surface area contributed by atoms with Crippen molar-refractivity contribution in [2.24, 2.45) is 5.41 Å². The first-order valence-electron chi connectivity index (χ1n) is 6.18. The van der Waals surface area contributed by atoms with Crippen LogP contribution in [0.25, 0.3) is 0 Å². The fraction of sp³-hybridized carbons (Fsp3) is 0.286. The summed E-state index contributed by atoms with van der Waals surface area (Å²) in [6.07, 6.45) is 1.11. The topological polar surface area (TPSA) is 90.3 Å². The minimum atomic E-state index is -0.921. The van der Waals surface area contributed by atoms with E-state index in [9.17, 15) is 14.4 Å². The molecule has 1 saturated carbocycles. The number of nitrogens with one attached hydrogen (secondary N) is 1. The maximum absolute atomic E-state index is 11.9. The van der Waals surface area contributed by atoms with Gasteiger partial charge in [-0.2, -0.15) is 5.26 Å². The number of fused-ring (bicyclic) bond motifs is 1. The molecule has 1 aromatic carbocycles. The molecule has 6 nitrogen and oxygen atoms in total. The normalized spacial score (nSPS) is 18.5. The molecule has 20 heavy (non-hydrogen) atoms. The Bertz CT molecular complexity index is 698. The molecule has 0 spiro atoms. The van der Waals surface area contributed by atoms with E-state index in [1.807, 2.05) is 6.07 Å². The van der Waals surface area contributed by atoms with Gasteiger partial charge >= 0.3 is 0 Å². The molecule has 1 heterocycles. The van der Waals surface area contributed by atoms with E-state index in [1.54, 1.807) is 6.07 Å². The van der Waals surface area contributed by atoms with Crippen molar-refractivity contribution in [3.05, 3.63) is 29.3 Å². The van der Waals surface area contributed by atoms with E-state index in [1.165, 1.54) is 19.2 Å².